The third-order valence-electron chi connectivity index (χ3n) is 2.89. The van der Waals surface area contributed by atoms with Crippen molar-refractivity contribution < 1.29 is 14.4 Å². The quantitative estimate of drug-likeness (QED) is 0.847. The molecule has 0 radical (unpaired) electrons. The van der Waals surface area contributed by atoms with Gasteiger partial charge in [0.15, 0.2) is 5.15 Å². The summed E-state index contributed by atoms with van der Waals surface area (Å²) >= 11 is 5.85. The second-order valence-corrected chi connectivity index (χ2v) is 4.21. The molecule has 0 atom stereocenters. The summed E-state index contributed by atoms with van der Waals surface area (Å²) in [5.74, 6) is -0.981. The number of carbonyl (C=O) groups is 1. The molecule has 15 heavy (non-hydrogen) atoms. The zero-order valence-corrected chi connectivity index (χ0v) is 8.96. The Morgan fingerprint density at radius 3 is 2.67 bits per heavy atom. The summed E-state index contributed by atoms with van der Waals surface area (Å²) < 4.78 is 4.73. The number of aromatic nitrogens is 1. The fraction of sp³-hybridized carbons (Fsp3) is 0.600. The maximum absolute atomic E-state index is 10.9. The first-order valence-electron chi connectivity index (χ1n) is 5.08. The number of hydrogen-bond acceptors (Lipinski definition) is 3. The molecule has 4 nitrogen and oxygen atoms in total. The van der Waals surface area contributed by atoms with Crippen molar-refractivity contribution in [3.63, 3.8) is 0 Å². The average molecular weight is 230 g/mol. The molecule has 0 aliphatic heterocycles. The van der Waals surface area contributed by atoms with E-state index in [4.69, 9.17) is 21.2 Å². The first-order valence-corrected chi connectivity index (χ1v) is 5.46. The van der Waals surface area contributed by atoms with E-state index in [0.29, 0.717) is 5.56 Å². The number of carboxylic acid groups (broad SMARTS) is 1. The normalized spacial score (nSPS) is 17.9. The van der Waals surface area contributed by atoms with Crippen molar-refractivity contribution >= 4 is 17.6 Å². The number of rotatable bonds is 2. The Morgan fingerprint density at radius 1 is 1.40 bits per heavy atom. The van der Waals surface area contributed by atoms with Crippen LogP contribution in [0.5, 0.6) is 0 Å². The van der Waals surface area contributed by atoms with Crippen LogP contribution in [0.2, 0.25) is 5.15 Å². The molecule has 0 saturated heterocycles. The molecule has 1 heterocycles. The number of hydrogen-bond donors (Lipinski definition) is 1. The number of halogens is 1. The Balaban J connectivity index is 2.32. The minimum atomic E-state index is -1.09. The van der Waals surface area contributed by atoms with Crippen LogP contribution < -0.4 is 0 Å². The highest BCUT2D eigenvalue weighted by molar-refractivity contribution is 6.30. The van der Waals surface area contributed by atoms with Gasteiger partial charge in [-0.05, 0) is 18.8 Å². The molecule has 0 aromatic carbocycles. The summed E-state index contributed by atoms with van der Waals surface area (Å²) in [5.41, 5.74) is 0.587. The standard InChI is InChI=1S/C10H12ClNO3/c11-9-7(6-4-2-1-3-5-6)8(10(13)14)15-12-9/h6H,1-5H2,(H,13,14). The Labute approximate surface area is 92.2 Å². The summed E-state index contributed by atoms with van der Waals surface area (Å²) in [7, 11) is 0. The van der Waals surface area contributed by atoms with Crippen LogP contribution in [0, 0.1) is 0 Å². The first kappa shape index (κ1) is 10.5. The van der Waals surface area contributed by atoms with Crippen LogP contribution in [0.1, 0.15) is 54.1 Å². The zero-order valence-electron chi connectivity index (χ0n) is 8.20. The van der Waals surface area contributed by atoms with Gasteiger partial charge in [-0.1, -0.05) is 36.0 Å². The van der Waals surface area contributed by atoms with Crippen molar-refractivity contribution in [1.29, 1.82) is 0 Å². The molecular formula is C10H12ClNO3. The Kier molecular flexibility index (Phi) is 2.95. The van der Waals surface area contributed by atoms with Crippen LogP contribution in [-0.2, 0) is 0 Å². The second kappa shape index (κ2) is 4.23. The predicted octanol–water partition coefficient (Wildman–Crippen LogP) is 3.07. The molecule has 1 aromatic heterocycles. The molecule has 0 unspecified atom stereocenters. The van der Waals surface area contributed by atoms with Gasteiger partial charge in [-0.25, -0.2) is 4.79 Å². The van der Waals surface area contributed by atoms with Gasteiger partial charge >= 0.3 is 5.97 Å². The van der Waals surface area contributed by atoms with Crippen molar-refractivity contribution in [3.8, 4) is 0 Å². The van der Waals surface area contributed by atoms with Gasteiger partial charge in [0.2, 0.25) is 5.76 Å². The predicted molar refractivity (Wildman–Crippen MR) is 54.3 cm³/mol. The van der Waals surface area contributed by atoms with Gasteiger partial charge in [0.05, 0.1) is 0 Å². The molecule has 1 aliphatic carbocycles. The lowest BCUT2D eigenvalue weighted by Gasteiger charge is -2.20. The van der Waals surface area contributed by atoms with Gasteiger partial charge < -0.3 is 9.63 Å². The van der Waals surface area contributed by atoms with E-state index in [1.165, 1.54) is 6.42 Å². The van der Waals surface area contributed by atoms with Crippen LogP contribution in [0.4, 0.5) is 0 Å². The first-order chi connectivity index (χ1) is 7.20. The minimum Gasteiger partial charge on any atom is -0.475 e. The monoisotopic (exact) mass is 229 g/mol. The largest absolute Gasteiger partial charge is 0.475 e. The van der Waals surface area contributed by atoms with Crippen LogP contribution in [-0.4, -0.2) is 16.2 Å². The topological polar surface area (TPSA) is 63.3 Å². The summed E-state index contributed by atoms with van der Waals surface area (Å²) in [5, 5.41) is 12.6. The van der Waals surface area contributed by atoms with E-state index in [0.717, 1.165) is 25.7 Å². The molecule has 1 aromatic rings. The van der Waals surface area contributed by atoms with Crippen molar-refractivity contribution in [3.05, 3.63) is 16.5 Å². The molecular weight excluding hydrogens is 218 g/mol. The molecule has 1 aliphatic rings. The van der Waals surface area contributed by atoms with E-state index in [1.54, 1.807) is 0 Å². The lowest BCUT2D eigenvalue weighted by molar-refractivity contribution is 0.0649. The van der Waals surface area contributed by atoms with Gasteiger partial charge in [-0.2, -0.15) is 0 Å². The van der Waals surface area contributed by atoms with Crippen LogP contribution in [0.25, 0.3) is 0 Å². The van der Waals surface area contributed by atoms with Crippen LogP contribution >= 0.6 is 11.6 Å². The smallest absolute Gasteiger partial charge is 0.375 e. The summed E-state index contributed by atoms with van der Waals surface area (Å²) in [6.45, 7) is 0. The highest BCUT2D eigenvalue weighted by atomic mass is 35.5. The SMILES string of the molecule is O=C(O)c1onc(Cl)c1C1CCCCC1. The van der Waals surface area contributed by atoms with Gasteiger partial charge in [0.25, 0.3) is 0 Å². The molecule has 2 rings (SSSR count). The summed E-state index contributed by atoms with van der Waals surface area (Å²) in [4.78, 5) is 10.9. The van der Waals surface area contributed by atoms with Crippen LogP contribution in [0.15, 0.2) is 4.52 Å². The van der Waals surface area contributed by atoms with E-state index in [9.17, 15) is 4.79 Å². The molecule has 0 bridgehead atoms. The fourth-order valence-corrected chi connectivity index (χ4v) is 2.45. The third-order valence-corrected chi connectivity index (χ3v) is 3.16. The van der Waals surface area contributed by atoms with Crippen molar-refractivity contribution in [2.75, 3.05) is 0 Å². The molecule has 1 saturated carbocycles. The number of aromatic carboxylic acids is 1. The van der Waals surface area contributed by atoms with Crippen molar-refractivity contribution in [1.82, 2.24) is 5.16 Å². The molecule has 0 amide bonds. The van der Waals surface area contributed by atoms with Crippen molar-refractivity contribution in [2.45, 2.75) is 38.0 Å². The highest BCUT2D eigenvalue weighted by Gasteiger charge is 2.28. The van der Waals surface area contributed by atoms with E-state index in [-0.39, 0.29) is 16.8 Å². The van der Waals surface area contributed by atoms with Gasteiger partial charge in [-0.15, -0.1) is 0 Å². The Morgan fingerprint density at radius 2 is 2.07 bits per heavy atom. The fourth-order valence-electron chi connectivity index (χ4n) is 2.18. The molecule has 1 N–H and O–H groups in total. The van der Waals surface area contributed by atoms with Gasteiger partial charge in [0.1, 0.15) is 0 Å². The Bertz CT molecular complexity index is 369. The summed E-state index contributed by atoms with van der Waals surface area (Å²) in [6, 6.07) is 0. The van der Waals surface area contributed by atoms with E-state index >= 15 is 0 Å². The maximum atomic E-state index is 10.9. The molecule has 5 heteroatoms. The second-order valence-electron chi connectivity index (χ2n) is 3.86. The highest BCUT2D eigenvalue weighted by Crippen LogP contribution is 2.37. The number of carboxylic acids is 1. The maximum Gasteiger partial charge on any atom is 0.375 e. The lowest BCUT2D eigenvalue weighted by atomic mass is 9.84. The lowest BCUT2D eigenvalue weighted by Crippen LogP contribution is -2.08. The Hall–Kier alpha value is -1.03. The number of nitrogens with zero attached hydrogens (tertiary/aromatic N) is 1. The van der Waals surface area contributed by atoms with E-state index < -0.39 is 5.97 Å². The molecule has 0 spiro atoms. The van der Waals surface area contributed by atoms with E-state index in [1.807, 2.05) is 0 Å². The average Bonchev–Trinajstić information content (AvgIpc) is 2.61. The van der Waals surface area contributed by atoms with Gasteiger partial charge in [-0.3, -0.25) is 0 Å². The minimum absolute atomic E-state index is 0.0908. The van der Waals surface area contributed by atoms with Crippen molar-refractivity contribution in [2.24, 2.45) is 0 Å². The van der Waals surface area contributed by atoms with E-state index in [2.05, 4.69) is 5.16 Å². The molecule has 1 fully saturated rings. The zero-order chi connectivity index (χ0) is 10.8. The van der Waals surface area contributed by atoms with Crippen LogP contribution in [0.3, 0.4) is 0 Å². The summed E-state index contributed by atoms with van der Waals surface area (Å²) in [6.07, 6.45) is 5.39. The molecule has 82 valence electrons. The van der Waals surface area contributed by atoms with Gasteiger partial charge in [0, 0.05) is 5.56 Å². The third kappa shape index (κ3) is 2.00.